The number of carbonyl (C=O) groups is 1. The number of amides is 1. The molecular weight excluding hydrogens is 314 g/mol. The van der Waals surface area contributed by atoms with Crippen LogP contribution in [-0.2, 0) is 11.3 Å². The predicted molar refractivity (Wildman–Crippen MR) is 99.4 cm³/mol. The number of hydrogen-bond acceptors (Lipinski definition) is 5. The molecule has 1 aliphatic rings. The van der Waals surface area contributed by atoms with E-state index < -0.39 is 0 Å². The first-order chi connectivity index (χ1) is 12.0. The SMILES string of the molecule is Cc1cc(NCc2ccc(N3CCC[C@H](C(N)=O)C3)cc2)nc(C)n1. The molecule has 0 spiro atoms. The maximum Gasteiger partial charge on any atom is 0.222 e. The van der Waals surface area contributed by atoms with E-state index in [-0.39, 0.29) is 11.8 Å². The first kappa shape index (κ1) is 17.2. The summed E-state index contributed by atoms with van der Waals surface area (Å²) in [5, 5.41) is 3.34. The largest absolute Gasteiger partial charge is 0.371 e. The average Bonchev–Trinajstić information content (AvgIpc) is 2.60. The first-order valence-corrected chi connectivity index (χ1v) is 8.70. The Hall–Kier alpha value is -2.63. The van der Waals surface area contributed by atoms with Crippen molar-refractivity contribution in [1.29, 1.82) is 0 Å². The topological polar surface area (TPSA) is 84.1 Å². The number of primary amides is 1. The Bertz CT molecular complexity index is 724. The molecule has 0 saturated carbocycles. The Morgan fingerprint density at radius 2 is 2.04 bits per heavy atom. The number of benzene rings is 1. The van der Waals surface area contributed by atoms with Crippen LogP contribution in [0.15, 0.2) is 30.3 Å². The predicted octanol–water partition coefficient (Wildman–Crippen LogP) is 2.41. The van der Waals surface area contributed by atoms with Crippen LogP contribution in [0.2, 0.25) is 0 Å². The minimum atomic E-state index is -0.194. The molecule has 3 rings (SSSR count). The van der Waals surface area contributed by atoms with Gasteiger partial charge in [0, 0.05) is 37.1 Å². The maximum atomic E-state index is 11.4. The summed E-state index contributed by atoms with van der Waals surface area (Å²) in [6.45, 7) is 6.25. The zero-order valence-electron chi connectivity index (χ0n) is 14.8. The number of hydrogen-bond donors (Lipinski definition) is 2. The van der Waals surface area contributed by atoms with Crippen molar-refractivity contribution >= 4 is 17.4 Å². The van der Waals surface area contributed by atoms with E-state index in [1.54, 1.807) is 0 Å². The fourth-order valence-electron chi connectivity index (χ4n) is 3.27. The second-order valence-corrected chi connectivity index (χ2v) is 6.65. The number of nitrogens with one attached hydrogen (secondary N) is 1. The molecule has 6 heteroatoms. The van der Waals surface area contributed by atoms with Gasteiger partial charge in [-0.05, 0) is 44.4 Å². The quantitative estimate of drug-likeness (QED) is 0.874. The molecule has 0 unspecified atom stereocenters. The third-order valence-corrected chi connectivity index (χ3v) is 4.56. The summed E-state index contributed by atoms with van der Waals surface area (Å²) < 4.78 is 0. The Kier molecular flexibility index (Phi) is 5.16. The molecule has 2 aromatic rings. The van der Waals surface area contributed by atoms with Gasteiger partial charge in [0.15, 0.2) is 0 Å². The van der Waals surface area contributed by atoms with Gasteiger partial charge in [0.25, 0.3) is 0 Å². The molecule has 0 bridgehead atoms. The molecular formula is C19H25N5O. The molecule has 3 N–H and O–H groups in total. The highest BCUT2D eigenvalue weighted by atomic mass is 16.1. The Morgan fingerprint density at radius 3 is 2.72 bits per heavy atom. The molecule has 0 aliphatic carbocycles. The van der Waals surface area contributed by atoms with Gasteiger partial charge in [-0.15, -0.1) is 0 Å². The van der Waals surface area contributed by atoms with Crippen molar-refractivity contribution in [3.63, 3.8) is 0 Å². The fraction of sp³-hybridized carbons (Fsp3) is 0.421. The Labute approximate surface area is 148 Å². The molecule has 0 radical (unpaired) electrons. The van der Waals surface area contributed by atoms with E-state index in [2.05, 4.69) is 44.5 Å². The van der Waals surface area contributed by atoms with Crippen LogP contribution < -0.4 is 16.0 Å². The molecule has 2 heterocycles. The molecule has 1 saturated heterocycles. The zero-order valence-corrected chi connectivity index (χ0v) is 14.8. The van der Waals surface area contributed by atoms with Crippen molar-refractivity contribution in [2.24, 2.45) is 11.7 Å². The Morgan fingerprint density at radius 1 is 1.28 bits per heavy atom. The first-order valence-electron chi connectivity index (χ1n) is 8.70. The molecule has 25 heavy (non-hydrogen) atoms. The molecule has 1 atom stereocenters. The van der Waals surface area contributed by atoms with Gasteiger partial charge in [0.1, 0.15) is 11.6 Å². The van der Waals surface area contributed by atoms with E-state index in [0.717, 1.165) is 42.4 Å². The van der Waals surface area contributed by atoms with Crippen LogP contribution in [0.1, 0.15) is 29.9 Å². The van der Waals surface area contributed by atoms with E-state index in [4.69, 9.17) is 5.73 Å². The lowest BCUT2D eigenvalue weighted by Crippen LogP contribution is -2.41. The van der Waals surface area contributed by atoms with Crippen LogP contribution in [-0.4, -0.2) is 29.0 Å². The van der Waals surface area contributed by atoms with Gasteiger partial charge in [0.2, 0.25) is 5.91 Å². The lowest BCUT2D eigenvalue weighted by Gasteiger charge is -2.33. The lowest BCUT2D eigenvalue weighted by molar-refractivity contribution is -0.122. The van der Waals surface area contributed by atoms with Crippen LogP contribution in [0.25, 0.3) is 0 Å². The number of rotatable bonds is 5. The van der Waals surface area contributed by atoms with E-state index in [1.165, 1.54) is 5.56 Å². The van der Waals surface area contributed by atoms with Crippen molar-refractivity contribution < 1.29 is 4.79 Å². The number of aromatic nitrogens is 2. The summed E-state index contributed by atoms with van der Waals surface area (Å²) in [7, 11) is 0. The second-order valence-electron chi connectivity index (χ2n) is 6.65. The van der Waals surface area contributed by atoms with Gasteiger partial charge in [-0.1, -0.05) is 12.1 Å². The summed E-state index contributed by atoms with van der Waals surface area (Å²) in [4.78, 5) is 22.3. The summed E-state index contributed by atoms with van der Waals surface area (Å²) in [5.41, 5.74) is 8.74. The smallest absolute Gasteiger partial charge is 0.222 e. The van der Waals surface area contributed by atoms with Crippen molar-refractivity contribution in [3.05, 3.63) is 47.4 Å². The van der Waals surface area contributed by atoms with Gasteiger partial charge in [-0.25, -0.2) is 9.97 Å². The highest BCUT2D eigenvalue weighted by molar-refractivity contribution is 5.77. The van der Waals surface area contributed by atoms with Crippen molar-refractivity contribution in [2.45, 2.75) is 33.2 Å². The average molecular weight is 339 g/mol. The highest BCUT2D eigenvalue weighted by Crippen LogP contribution is 2.23. The van der Waals surface area contributed by atoms with E-state index >= 15 is 0 Å². The van der Waals surface area contributed by atoms with Gasteiger partial charge in [-0.2, -0.15) is 0 Å². The third-order valence-electron chi connectivity index (χ3n) is 4.56. The number of nitrogens with two attached hydrogens (primary N) is 1. The standard InChI is InChI=1S/C19H25N5O/c1-13-10-18(23-14(2)22-13)21-11-15-5-7-17(8-6-15)24-9-3-4-16(12-24)19(20)25/h5-8,10,16H,3-4,9,11-12H2,1-2H3,(H2,20,25)(H,21,22,23)/t16-/m0/s1. The molecule has 1 amide bonds. The lowest BCUT2D eigenvalue weighted by atomic mass is 9.97. The number of aryl methyl sites for hydroxylation is 2. The highest BCUT2D eigenvalue weighted by Gasteiger charge is 2.23. The molecule has 1 aliphatic heterocycles. The van der Waals surface area contributed by atoms with Crippen LogP contribution >= 0.6 is 0 Å². The van der Waals surface area contributed by atoms with Crippen molar-refractivity contribution in [1.82, 2.24) is 9.97 Å². The summed E-state index contributed by atoms with van der Waals surface area (Å²) >= 11 is 0. The summed E-state index contributed by atoms with van der Waals surface area (Å²) in [6.07, 6.45) is 1.90. The maximum absolute atomic E-state index is 11.4. The van der Waals surface area contributed by atoms with Gasteiger partial charge >= 0.3 is 0 Å². The number of carbonyl (C=O) groups excluding carboxylic acids is 1. The summed E-state index contributed by atoms with van der Waals surface area (Å²) in [5.74, 6) is 1.38. The van der Waals surface area contributed by atoms with Crippen LogP contribution in [0.5, 0.6) is 0 Å². The molecule has 132 valence electrons. The molecule has 1 aromatic carbocycles. The number of anilines is 2. The normalized spacial score (nSPS) is 17.4. The van der Waals surface area contributed by atoms with Gasteiger partial charge in [-0.3, -0.25) is 4.79 Å². The van der Waals surface area contributed by atoms with Crippen molar-refractivity contribution in [3.8, 4) is 0 Å². The van der Waals surface area contributed by atoms with E-state index in [9.17, 15) is 4.79 Å². The third kappa shape index (κ3) is 4.47. The van der Waals surface area contributed by atoms with Crippen LogP contribution in [0.3, 0.4) is 0 Å². The molecule has 1 fully saturated rings. The van der Waals surface area contributed by atoms with E-state index in [0.29, 0.717) is 13.1 Å². The fourth-order valence-corrected chi connectivity index (χ4v) is 3.27. The molecule has 1 aromatic heterocycles. The molecule has 6 nitrogen and oxygen atoms in total. The van der Waals surface area contributed by atoms with Gasteiger partial charge < -0.3 is 16.0 Å². The minimum absolute atomic E-state index is 0.0423. The zero-order chi connectivity index (χ0) is 17.8. The van der Waals surface area contributed by atoms with Crippen LogP contribution in [0, 0.1) is 19.8 Å². The van der Waals surface area contributed by atoms with Crippen molar-refractivity contribution in [2.75, 3.05) is 23.3 Å². The second kappa shape index (κ2) is 7.51. The number of nitrogens with zero attached hydrogens (tertiary/aromatic N) is 3. The minimum Gasteiger partial charge on any atom is -0.371 e. The monoisotopic (exact) mass is 339 g/mol. The Balaban J connectivity index is 1.61. The van der Waals surface area contributed by atoms with Gasteiger partial charge in [0.05, 0.1) is 5.92 Å². The van der Waals surface area contributed by atoms with E-state index in [1.807, 2.05) is 19.9 Å². The summed E-state index contributed by atoms with van der Waals surface area (Å²) in [6, 6.07) is 10.4. The van der Waals surface area contributed by atoms with Crippen LogP contribution in [0.4, 0.5) is 11.5 Å². The number of piperidine rings is 1.